The van der Waals surface area contributed by atoms with Crippen molar-refractivity contribution in [1.82, 2.24) is 0 Å². The van der Waals surface area contributed by atoms with Crippen LogP contribution in [-0.2, 0) is 0 Å². The first kappa shape index (κ1) is 16.4. The molecule has 0 spiro atoms. The van der Waals surface area contributed by atoms with Gasteiger partial charge in [0.15, 0.2) is 0 Å². The Bertz CT molecular complexity index is 513. The van der Waals surface area contributed by atoms with Gasteiger partial charge in [-0.15, -0.1) is 0 Å². The molecule has 0 aromatic heterocycles. The second-order valence-corrected chi connectivity index (χ2v) is 7.30. The summed E-state index contributed by atoms with van der Waals surface area (Å²) in [4.78, 5) is -3.99. The van der Waals surface area contributed by atoms with Crippen LogP contribution in [-0.4, -0.2) is 5.51 Å². The van der Waals surface area contributed by atoms with Gasteiger partial charge in [0, 0.05) is 4.90 Å². The van der Waals surface area contributed by atoms with Crippen LogP contribution in [0.1, 0.15) is 11.1 Å². The monoisotopic (exact) mass is 332 g/mol. The minimum Gasteiger partial charge on any atom is -0.160 e. The van der Waals surface area contributed by atoms with Crippen molar-refractivity contribution >= 4 is 22.0 Å². The second-order valence-electron chi connectivity index (χ2n) is 3.85. The van der Waals surface area contributed by atoms with Crippen LogP contribution in [0, 0.1) is 13.8 Å². The summed E-state index contributed by atoms with van der Waals surface area (Å²) in [6.45, 7) is 1.84. The van der Waals surface area contributed by atoms with Gasteiger partial charge in [0.2, 0.25) is 0 Å². The molecular formula is C9H8F8S2. The van der Waals surface area contributed by atoms with Gasteiger partial charge in [-0.25, -0.2) is 0 Å². The van der Waals surface area contributed by atoms with Crippen LogP contribution in [0.4, 0.5) is 32.6 Å². The molecule has 1 aromatic rings. The minimum absolute atomic E-state index is 0.158. The van der Waals surface area contributed by atoms with Gasteiger partial charge in [-0.05, 0) is 42.8 Å². The number of thioether (sulfide) groups is 1. The lowest BCUT2D eigenvalue weighted by molar-refractivity contribution is -0.0329. The van der Waals surface area contributed by atoms with E-state index in [-0.39, 0.29) is 5.56 Å². The molecular weight excluding hydrogens is 324 g/mol. The SMILES string of the molecule is Cc1ccc(SC(F)(F)F)c(S(F)(F)(F)(F)F)c1C. The third kappa shape index (κ3) is 4.16. The highest BCUT2D eigenvalue weighted by Crippen LogP contribution is 3.03. The molecule has 0 atom stereocenters. The topological polar surface area (TPSA) is 0 Å². The highest BCUT2D eigenvalue weighted by atomic mass is 32.5. The summed E-state index contributed by atoms with van der Waals surface area (Å²) in [6, 6.07) is 1.35. The Morgan fingerprint density at radius 3 is 1.79 bits per heavy atom. The van der Waals surface area contributed by atoms with Crippen molar-refractivity contribution < 1.29 is 32.6 Å². The molecule has 0 heterocycles. The molecule has 0 nitrogen and oxygen atoms in total. The number of alkyl halides is 3. The molecule has 0 aliphatic heterocycles. The van der Waals surface area contributed by atoms with Crippen LogP contribution >= 0.6 is 22.0 Å². The summed E-state index contributed by atoms with van der Waals surface area (Å²) in [7, 11) is -10.2. The Hall–Kier alpha value is -0.640. The molecule has 0 unspecified atom stereocenters. The van der Waals surface area contributed by atoms with Gasteiger partial charge >= 0.3 is 15.7 Å². The first-order valence-corrected chi connectivity index (χ1v) is 7.38. The smallest absolute Gasteiger partial charge is 0.160 e. The van der Waals surface area contributed by atoms with E-state index in [9.17, 15) is 32.6 Å². The lowest BCUT2D eigenvalue weighted by Gasteiger charge is -2.43. The normalized spacial score (nSPS) is 16.9. The van der Waals surface area contributed by atoms with Gasteiger partial charge in [-0.3, -0.25) is 0 Å². The number of aryl methyl sites for hydroxylation is 1. The van der Waals surface area contributed by atoms with Crippen molar-refractivity contribution in [2.45, 2.75) is 29.1 Å². The van der Waals surface area contributed by atoms with E-state index in [1.54, 1.807) is 0 Å². The zero-order valence-corrected chi connectivity index (χ0v) is 11.1. The van der Waals surface area contributed by atoms with Gasteiger partial charge in [-0.1, -0.05) is 25.5 Å². The highest BCUT2D eigenvalue weighted by molar-refractivity contribution is 8.46. The molecule has 0 N–H and O–H groups in total. The quantitative estimate of drug-likeness (QED) is 0.436. The summed E-state index contributed by atoms with van der Waals surface area (Å²) in [5.41, 5.74) is -6.14. The van der Waals surface area contributed by atoms with Gasteiger partial charge < -0.3 is 0 Å². The van der Waals surface area contributed by atoms with Crippen LogP contribution in [0.3, 0.4) is 0 Å². The van der Waals surface area contributed by atoms with E-state index in [2.05, 4.69) is 0 Å². The van der Waals surface area contributed by atoms with Gasteiger partial charge in [-0.2, -0.15) is 13.2 Å². The molecule has 0 fully saturated rings. The number of benzene rings is 1. The summed E-state index contributed by atoms with van der Waals surface area (Å²) in [6.07, 6.45) is 0. The van der Waals surface area contributed by atoms with Crippen molar-refractivity contribution in [1.29, 1.82) is 0 Å². The first-order valence-electron chi connectivity index (χ1n) is 4.61. The van der Waals surface area contributed by atoms with Crippen molar-refractivity contribution in [3.05, 3.63) is 23.3 Å². The number of hydrogen-bond acceptors (Lipinski definition) is 1. The fraction of sp³-hybridized carbons (Fsp3) is 0.333. The summed E-state index contributed by atoms with van der Waals surface area (Å²) in [5.74, 6) is 0. The van der Waals surface area contributed by atoms with Crippen LogP contribution in [0.2, 0.25) is 0 Å². The largest absolute Gasteiger partial charge is 0.446 e. The van der Waals surface area contributed by atoms with E-state index in [4.69, 9.17) is 0 Å². The van der Waals surface area contributed by atoms with Crippen molar-refractivity contribution in [3.8, 4) is 0 Å². The Labute approximate surface area is 107 Å². The van der Waals surface area contributed by atoms with Crippen molar-refractivity contribution in [2.24, 2.45) is 0 Å². The molecule has 0 saturated heterocycles. The number of hydrogen-bond donors (Lipinski definition) is 0. The highest BCUT2D eigenvalue weighted by Gasteiger charge is 2.67. The lowest BCUT2D eigenvalue weighted by Crippen LogP contribution is -2.12. The molecule has 0 radical (unpaired) electrons. The van der Waals surface area contributed by atoms with Crippen LogP contribution in [0.15, 0.2) is 21.9 Å². The average molecular weight is 332 g/mol. The second kappa shape index (κ2) is 3.72. The predicted molar refractivity (Wildman–Crippen MR) is 59.2 cm³/mol. The van der Waals surface area contributed by atoms with Crippen molar-refractivity contribution in [3.63, 3.8) is 0 Å². The molecule has 0 aliphatic carbocycles. The van der Waals surface area contributed by atoms with E-state index in [0.717, 1.165) is 19.9 Å². The third-order valence-electron chi connectivity index (χ3n) is 2.25. The van der Waals surface area contributed by atoms with E-state index < -0.39 is 42.8 Å². The Balaban J connectivity index is 3.67. The van der Waals surface area contributed by atoms with Gasteiger partial charge in [0.1, 0.15) is 4.90 Å². The Kier molecular flexibility index (Phi) is 3.21. The molecule has 0 amide bonds. The fourth-order valence-electron chi connectivity index (χ4n) is 1.45. The molecule has 0 aliphatic rings. The number of rotatable bonds is 2. The maximum atomic E-state index is 12.8. The van der Waals surface area contributed by atoms with Crippen LogP contribution in [0.5, 0.6) is 0 Å². The van der Waals surface area contributed by atoms with Gasteiger partial charge in [0.25, 0.3) is 0 Å². The van der Waals surface area contributed by atoms with E-state index in [0.29, 0.717) is 6.07 Å². The third-order valence-corrected chi connectivity index (χ3v) is 4.47. The predicted octanol–water partition coefficient (Wildman–Crippen LogP) is 6.57. The van der Waals surface area contributed by atoms with Gasteiger partial charge in [0.05, 0.1) is 0 Å². The number of halogens is 8. The standard InChI is InChI=1S/C9H8F8S2/c1-5-3-4-7(18-9(10,11)12)8(6(5)2)19(13,14,15,16)17/h3-4H,1-2H3. The fourth-order valence-corrected chi connectivity index (χ4v) is 3.87. The first-order chi connectivity index (χ1) is 8.01. The summed E-state index contributed by atoms with van der Waals surface area (Å²) in [5, 5.41) is 0. The van der Waals surface area contributed by atoms with Crippen molar-refractivity contribution in [2.75, 3.05) is 0 Å². The maximum Gasteiger partial charge on any atom is 0.446 e. The molecule has 10 heteroatoms. The zero-order valence-electron chi connectivity index (χ0n) is 9.49. The Morgan fingerprint density at radius 2 is 1.42 bits per heavy atom. The van der Waals surface area contributed by atoms with E-state index >= 15 is 0 Å². The molecule has 1 rings (SSSR count). The molecule has 112 valence electrons. The summed E-state index contributed by atoms with van der Waals surface area (Å²) >= 11 is -1.20. The van der Waals surface area contributed by atoms with E-state index in [1.165, 1.54) is 0 Å². The molecule has 19 heavy (non-hydrogen) atoms. The van der Waals surface area contributed by atoms with E-state index in [1.807, 2.05) is 0 Å². The zero-order chi connectivity index (χ0) is 15.3. The maximum absolute atomic E-state index is 12.8. The van der Waals surface area contributed by atoms with Crippen LogP contribution < -0.4 is 0 Å². The molecule has 0 bridgehead atoms. The lowest BCUT2D eigenvalue weighted by atomic mass is 10.1. The summed E-state index contributed by atoms with van der Waals surface area (Å²) < 4.78 is 101. The molecule has 1 aromatic carbocycles. The average Bonchev–Trinajstić information content (AvgIpc) is 2.04. The minimum atomic E-state index is -10.2. The van der Waals surface area contributed by atoms with Crippen LogP contribution in [0.25, 0.3) is 0 Å². The Morgan fingerprint density at radius 1 is 0.947 bits per heavy atom. The molecule has 0 saturated carbocycles.